The lowest BCUT2D eigenvalue weighted by Crippen LogP contribution is -2.45. The van der Waals surface area contributed by atoms with Gasteiger partial charge in [-0.2, -0.15) is 5.10 Å². The fourth-order valence-electron chi connectivity index (χ4n) is 4.79. The number of amides is 2. The van der Waals surface area contributed by atoms with Crippen LogP contribution in [0, 0.1) is 0 Å². The Hall–Kier alpha value is -5.15. The first-order chi connectivity index (χ1) is 21.1. The number of benzene rings is 4. The first-order valence-corrected chi connectivity index (χ1v) is 14.2. The molecular formula is C34H35N5O4. The Kier molecular flexibility index (Phi) is 10.0. The summed E-state index contributed by atoms with van der Waals surface area (Å²) in [7, 11) is 1.55. The van der Waals surface area contributed by atoms with Crippen LogP contribution in [0.5, 0.6) is 11.5 Å². The molecule has 0 atom stereocenters. The zero-order valence-electron chi connectivity index (χ0n) is 24.1. The van der Waals surface area contributed by atoms with E-state index < -0.39 is 0 Å². The van der Waals surface area contributed by atoms with Crippen LogP contribution in [0.15, 0.2) is 108 Å². The van der Waals surface area contributed by atoms with E-state index in [0.717, 1.165) is 38.3 Å². The summed E-state index contributed by atoms with van der Waals surface area (Å²) in [6, 6.07) is 32.4. The van der Waals surface area contributed by atoms with Crippen LogP contribution in [0.25, 0.3) is 0 Å². The van der Waals surface area contributed by atoms with Crippen molar-refractivity contribution in [3.8, 4) is 11.5 Å². The maximum atomic E-state index is 12.6. The summed E-state index contributed by atoms with van der Waals surface area (Å²) in [5.41, 5.74) is 6.92. The number of hydrogen-bond donors (Lipinski definition) is 2. The molecule has 0 aromatic heterocycles. The van der Waals surface area contributed by atoms with Crippen molar-refractivity contribution in [2.24, 2.45) is 5.10 Å². The fraction of sp³-hybridized carbons (Fsp3) is 0.206. The molecule has 4 aromatic rings. The van der Waals surface area contributed by atoms with Gasteiger partial charge in [-0.05, 0) is 71.8 Å². The third kappa shape index (κ3) is 8.43. The van der Waals surface area contributed by atoms with Gasteiger partial charge in [0.25, 0.3) is 11.8 Å². The lowest BCUT2D eigenvalue weighted by atomic mass is 10.1. The van der Waals surface area contributed by atoms with Crippen LogP contribution in [0.4, 0.5) is 11.4 Å². The standard InChI is InChI=1S/C34H35N5O4/c1-42-32-10-6-5-9-31(32)36-33(40)25-43-30-17-13-26(14-18-30)23-35-37-34(41)28-15-11-27(12-16-28)24-38-19-21-39(22-20-38)29-7-3-2-4-8-29/h2-18,23H,19-22,24-25H2,1H3,(H,36,40)(H,37,41). The van der Waals surface area contributed by atoms with Crippen LogP contribution in [-0.2, 0) is 11.3 Å². The molecule has 0 bridgehead atoms. The Morgan fingerprint density at radius 2 is 1.53 bits per heavy atom. The van der Waals surface area contributed by atoms with Gasteiger partial charge >= 0.3 is 0 Å². The number of carbonyl (C=O) groups excluding carboxylic acids is 2. The first kappa shape index (κ1) is 29.3. The molecule has 0 aliphatic carbocycles. The average Bonchev–Trinajstić information content (AvgIpc) is 3.06. The minimum atomic E-state index is -0.299. The summed E-state index contributed by atoms with van der Waals surface area (Å²) in [6.07, 6.45) is 1.56. The quantitative estimate of drug-likeness (QED) is 0.197. The number of nitrogens with zero attached hydrogens (tertiary/aromatic N) is 3. The lowest BCUT2D eigenvalue weighted by Gasteiger charge is -2.36. The predicted molar refractivity (Wildman–Crippen MR) is 169 cm³/mol. The van der Waals surface area contributed by atoms with E-state index in [0.29, 0.717) is 22.7 Å². The van der Waals surface area contributed by atoms with E-state index in [9.17, 15) is 9.59 Å². The van der Waals surface area contributed by atoms with Gasteiger partial charge in [-0.15, -0.1) is 0 Å². The molecule has 43 heavy (non-hydrogen) atoms. The third-order valence-corrected chi connectivity index (χ3v) is 7.13. The maximum Gasteiger partial charge on any atom is 0.271 e. The highest BCUT2D eigenvalue weighted by Gasteiger charge is 2.17. The zero-order chi connectivity index (χ0) is 29.9. The molecule has 1 saturated heterocycles. The second-order valence-electron chi connectivity index (χ2n) is 10.1. The summed E-state index contributed by atoms with van der Waals surface area (Å²) in [5.74, 6) is 0.537. The van der Waals surface area contributed by atoms with Crippen molar-refractivity contribution in [2.45, 2.75) is 6.54 Å². The van der Waals surface area contributed by atoms with Gasteiger partial charge in [-0.1, -0.05) is 42.5 Å². The monoisotopic (exact) mass is 577 g/mol. The van der Waals surface area contributed by atoms with Crippen LogP contribution < -0.4 is 25.1 Å². The van der Waals surface area contributed by atoms with E-state index in [-0.39, 0.29) is 18.4 Å². The smallest absolute Gasteiger partial charge is 0.271 e. The molecule has 1 aliphatic rings. The molecule has 4 aromatic carbocycles. The molecule has 9 heteroatoms. The van der Waals surface area contributed by atoms with Gasteiger partial charge < -0.3 is 19.7 Å². The number of methoxy groups -OCH3 is 1. The van der Waals surface area contributed by atoms with E-state index in [1.54, 1.807) is 49.7 Å². The number of carbonyl (C=O) groups is 2. The van der Waals surface area contributed by atoms with E-state index in [1.807, 2.05) is 42.5 Å². The second kappa shape index (κ2) is 14.7. The number of ether oxygens (including phenoxy) is 2. The molecule has 0 unspecified atom stereocenters. The van der Waals surface area contributed by atoms with Crippen molar-refractivity contribution in [3.63, 3.8) is 0 Å². The van der Waals surface area contributed by atoms with Gasteiger partial charge in [-0.25, -0.2) is 5.43 Å². The highest BCUT2D eigenvalue weighted by Crippen LogP contribution is 2.23. The molecule has 2 N–H and O–H groups in total. The molecule has 1 heterocycles. The highest BCUT2D eigenvalue weighted by molar-refractivity contribution is 5.95. The van der Waals surface area contributed by atoms with Crippen LogP contribution in [0.1, 0.15) is 21.5 Å². The fourth-order valence-corrected chi connectivity index (χ4v) is 4.79. The number of piperazine rings is 1. The first-order valence-electron chi connectivity index (χ1n) is 14.2. The minimum absolute atomic E-state index is 0.148. The molecule has 220 valence electrons. The van der Waals surface area contributed by atoms with Crippen molar-refractivity contribution >= 4 is 29.4 Å². The average molecular weight is 578 g/mol. The van der Waals surface area contributed by atoms with Gasteiger partial charge in [0.05, 0.1) is 19.0 Å². The number of rotatable bonds is 11. The van der Waals surface area contributed by atoms with Gasteiger partial charge in [0.15, 0.2) is 6.61 Å². The molecule has 0 spiro atoms. The zero-order valence-corrected chi connectivity index (χ0v) is 24.1. The van der Waals surface area contributed by atoms with Crippen molar-refractivity contribution in [1.29, 1.82) is 0 Å². The minimum Gasteiger partial charge on any atom is -0.495 e. The molecule has 2 amide bonds. The molecule has 9 nitrogen and oxygen atoms in total. The summed E-state index contributed by atoms with van der Waals surface area (Å²) in [5, 5.41) is 6.85. The Labute approximate surface area is 251 Å². The number of hydrogen-bond acceptors (Lipinski definition) is 7. The normalized spacial score (nSPS) is 13.5. The summed E-state index contributed by atoms with van der Waals surface area (Å²) in [4.78, 5) is 29.7. The van der Waals surface area contributed by atoms with Gasteiger partial charge in [0.1, 0.15) is 11.5 Å². The van der Waals surface area contributed by atoms with Gasteiger partial charge in [-0.3, -0.25) is 14.5 Å². The molecule has 0 saturated carbocycles. The topological polar surface area (TPSA) is 95.5 Å². The second-order valence-corrected chi connectivity index (χ2v) is 10.1. The van der Waals surface area contributed by atoms with Crippen molar-refractivity contribution < 1.29 is 19.1 Å². The Morgan fingerprint density at radius 1 is 0.837 bits per heavy atom. The Bertz CT molecular complexity index is 1520. The van der Waals surface area contributed by atoms with Crippen LogP contribution in [0.2, 0.25) is 0 Å². The van der Waals surface area contributed by atoms with Crippen molar-refractivity contribution in [3.05, 3.63) is 120 Å². The van der Waals surface area contributed by atoms with Gasteiger partial charge in [0, 0.05) is 44.0 Å². The van der Waals surface area contributed by atoms with E-state index in [2.05, 4.69) is 49.9 Å². The predicted octanol–water partition coefficient (Wildman–Crippen LogP) is 4.80. The van der Waals surface area contributed by atoms with Crippen LogP contribution in [0.3, 0.4) is 0 Å². The Balaban J connectivity index is 1.03. The van der Waals surface area contributed by atoms with Crippen LogP contribution in [-0.4, -0.2) is 62.8 Å². The SMILES string of the molecule is COc1ccccc1NC(=O)COc1ccc(C=NNC(=O)c2ccc(CN3CCN(c4ccccc4)CC3)cc2)cc1. The maximum absolute atomic E-state index is 12.6. The van der Waals surface area contributed by atoms with Crippen LogP contribution >= 0.6 is 0 Å². The summed E-state index contributed by atoms with van der Waals surface area (Å²) < 4.78 is 10.8. The summed E-state index contributed by atoms with van der Waals surface area (Å²) in [6.45, 7) is 4.71. The number of hydrazone groups is 1. The molecule has 1 fully saturated rings. The number of anilines is 2. The molecule has 1 aliphatic heterocycles. The van der Waals surface area contributed by atoms with E-state index >= 15 is 0 Å². The lowest BCUT2D eigenvalue weighted by molar-refractivity contribution is -0.118. The third-order valence-electron chi connectivity index (χ3n) is 7.13. The summed E-state index contributed by atoms with van der Waals surface area (Å²) >= 11 is 0. The largest absolute Gasteiger partial charge is 0.495 e. The molecule has 0 radical (unpaired) electrons. The van der Waals surface area contributed by atoms with Crippen molar-refractivity contribution in [2.75, 3.05) is 50.1 Å². The molecular weight excluding hydrogens is 542 g/mol. The molecule has 5 rings (SSSR count). The Morgan fingerprint density at radius 3 is 2.26 bits per heavy atom. The van der Waals surface area contributed by atoms with E-state index in [4.69, 9.17) is 9.47 Å². The van der Waals surface area contributed by atoms with Gasteiger partial charge in [0.2, 0.25) is 0 Å². The number of para-hydroxylation sites is 3. The van der Waals surface area contributed by atoms with E-state index in [1.165, 1.54) is 11.3 Å². The highest BCUT2D eigenvalue weighted by atomic mass is 16.5. The number of nitrogens with one attached hydrogen (secondary N) is 2. The van der Waals surface area contributed by atoms with Crippen molar-refractivity contribution in [1.82, 2.24) is 10.3 Å².